The number of aryl methyl sites for hydroxylation is 1. The minimum atomic E-state index is -1.33. The molecule has 0 fully saturated rings. The molecule has 2 aromatic carbocycles. The zero-order valence-electron chi connectivity index (χ0n) is 11.6. The summed E-state index contributed by atoms with van der Waals surface area (Å²) in [7, 11) is -1.33. The van der Waals surface area contributed by atoms with Gasteiger partial charge in [-0.1, -0.05) is 48.0 Å². The van der Waals surface area contributed by atoms with Crippen molar-refractivity contribution in [3.63, 3.8) is 0 Å². The Morgan fingerprint density at radius 2 is 1.65 bits per heavy atom. The molecule has 4 heteroatoms. The third-order valence-corrected chi connectivity index (χ3v) is 4.43. The third-order valence-electron chi connectivity index (χ3n) is 3.14. The van der Waals surface area contributed by atoms with Gasteiger partial charge in [0.05, 0.1) is 11.0 Å². The molecule has 2 N–H and O–H groups in total. The van der Waals surface area contributed by atoms with E-state index in [0.717, 1.165) is 11.1 Å². The maximum absolute atomic E-state index is 12.2. The van der Waals surface area contributed by atoms with Gasteiger partial charge in [-0.25, -0.2) is 8.93 Å². The Morgan fingerprint density at radius 3 is 2.25 bits per heavy atom. The largest absolute Gasteiger partial charge is 0.387 e. The van der Waals surface area contributed by atoms with Gasteiger partial charge in [-0.3, -0.25) is 0 Å². The highest BCUT2D eigenvalue weighted by Gasteiger charge is 2.18. The predicted molar refractivity (Wildman–Crippen MR) is 81.6 cm³/mol. The van der Waals surface area contributed by atoms with E-state index in [0.29, 0.717) is 4.90 Å². The zero-order chi connectivity index (χ0) is 14.5. The van der Waals surface area contributed by atoms with Gasteiger partial charge in [0.2, 0.25) is 0 Å². The van der Waals surface area contributed by atoms with Crippen LogP contribution in [0.5, 0.6) is 0 Å². The standard InChI is InChI=1S/C16H19NO2S/c1-12-8-10-15(11-9-12)20(19)17-13(2)16(18)14-6-4-3-5-7-14/h3-11,13,16-18H,1-2H3/t13-,16-,20?/m0/s1. The highest BCUT2D eigenvalue weighted by Crippen LogP contribution is 2.17. The summed E-state index contributed by atoms with van der Waals surface area (Å²) in [6.45, 7) is 3.81. The summed E-state index contributed by atoms with van der Waals surface area (Å²) < 4.78 is 15.1. The lowest BCUT2D eigenvalue weighted by Crippen LogP contribution is -2.33. The van der Waals surface area contributed by atoms with E-state index in [9.17, 15) is 9.32 Å². The second-order valence-electron chi connectivity index (χ2n) is 4.84. The number of nitrogens with one attached hydrogen (secondary N) is 1. The molecule has 0 saturated heterocycles. The molecule has 3 nitrogen and oxygen atoms in total. The number of benzene rings is 2. The quantitative estimate of drug-likeness (QED) is 0.889. The topological polar surface area (TPSA) is 49.3 Å². The van der Waals surface area contributed by atoms with Crippen molar-refractivity contribution in [2.24, 2.45) is 0 Å². The molecule has 0 radical (unpaired) electrons. The molecular formula is C16H19NO2S. The Labute approximate surface area is 122 Å². The summed E-state index contributed by atoms with van der Waals surface area (Å²) in [4.78, 5) is 0.711. The van der Waals surface area contributed by atoms with Gasteiger partial charge in [0.25, 0.3) is 0 Å². The average Bonchev–Trinajstić information content (AvgIpc) is 2.48. The normalized spacial score (nSPS) is 15.6. The molecule has 0 aliphatic carbocycles. The lowest BCUT2D eigenvalue weighted by molar-refractivity contribution is 0.147. The van der Waals surface area contributed by atoms with Crippen LogP contribution in [0.15, 0.2) is 59.5 Å². The molecular weight excluding hydrogens is 270 g/mol. The van der Waals surface area contributed by atoms with Crippen LogP contribution in [0.1, 0.15) is 24.2 Å². The fourth-order valence-electron chi connectivity index (χ4n) is 1.90. The van der Waals surface area contributed by atoms with Crippen molar-refractivity contribution in [1.82, 2.24) is 4.72 Å². The van der Waals surface area contributed by atoms with Crippen molar-refractivity contribution in [3.05, 3.63) is 65.7 Å². The number of aliphatic hydroxyl groups is 1. The highest BCUT2D eigenvalue weighted by molar-refractivity contribution is 7.83. The van der Waals surface area contributed by atoms with Gasteiger partial charge in [0.15, 0.2) is 0 Å². The molecule has 0 heterocycles. The fraction of sp³-hybridized carbons (Fsp3) is 0.250. The lowest BCUT2D eigenvalue weighted by Gasteiger charge is -2.20. The van der Waals surface area contributed by atoms with Gasteiger partial charge >= 0.3 is 0 Å². The van der Waals surface area contributed by atoms with Crippen LogP contribution in [0, 0.1) is 6.92 Å². The van der Waals surface area contributed by atoms with Crippen molar-refractivity contribution < 1.29 is 9.32 Å². The maximum Gasteiger partial charge on any atom is 0.125 e. The van der Waals surface area contributed by atoms with Gasteiger partial charge in [0, 0.05) is 6.04 Å². The van der Waals surface area contributed by atoms with Gasteiger partial charge in [-0.15, -0.1) is 0 Å². The molecule has 2 aromatic rings. The Kier molecular flexibility index (Phi) is 5.06. The minimum Gasteiger partial charge on any atom is -0.387 e. The molecule has 0 aliphatic rings. The van der Waals surface area contributed by atoms with E-state index < -0.39 is 17.1 Å². The second-order valence-corrected chi connectivity index (χ2v) is 6.09. The first-order valence-electron chi connectivity index (χ1n) is 6.55. The van der Waals surface area contributed by atoms with Crippen LogP contribution in [0.2, 0.25) is 0 Å². The van der Waals surface area contributed by atoms with Gasteiger partial charge in [0.1, 0.15) is 11.0 Å². The van der Waals surface area contributed by atoms with Gasteiger partial charge < -0.3 is 5.11 Å². The first-order valence-corrected chi connectivity index (χ1v) is 7.70. The molecule has 0 aromatic heterocycles. The maximum atomic E-state index is 12.2. The molecule has 0 aliphatic heterocycles. The number of aliphatic hydroxyl groups excluding tert-OH is 1. The Balaban J connectivity index is 2.02. The molecule has 0 spiro atoms. The van der Waals surface area contributed by atoms with Crippen LogP contribution in [0.25, 0.3) is 0 Å². The zero-order valence-corrected chi connectivity index (χ0v) is 12.4. The van der Waals surface area contributed by atoms with Crippen LogP contribution in [-0.2, 0) is 11.0 Å². The third kappa shape index (κ3) is 3.76. The summed E-state index contributed by atoms with van der Waals surface area (Å²) in [6.07, 6.45) is -0.689. The first kappa shape index (κ1) is 14.9. The van der Waals surface area contributed by atoms with Crippen LogP contribution in [0.4, 0.5) is 0 Å². The van der Waals surface area contributed by atoms with Crippen molar-refractivity contribution in [3.8, 4) is 0 Å². The number of hydrogen-bond acceptors (Lipinski definition) is 2. The average molecular weight is 289 g/mol. The summed E-state index contributed by atoms with van der Waals surface area (Å²) in [5.41, 5.74) is 1.94. The van der Waals surface area contributed by atoms with Gasteiger partial charge in [-0.2, -0.15) is 0 Å². The number of hydrogen-bond donors (Lipinski definition) is 2. The fourth-order valence-corrected chi connectivity index (χ4v) is 2.89. The summed E-state index contributed by atoms with van der Waals surface area (Å²) in [5, 5.41) is 10.2. The van der Waals surface area contributed by atoms with E-state index in [-0.39, 0.29) is 6.04 Å². The molecule has 0 bridgehead atoms. The molecule has 106 valence electrons. The van der Waals surface area contributed by atoms with E-state index >= 15 is 0 Å². The summed E-state index contributed by atoms with van der Waals surface area (Å²) in [6, 6.07) is 16.6. The van der Waals surface area contributed by atoms with Crippen LogP contribution >= 0.6 is 0 Å². The van der Waals surface area contributed by atoms with E-state index in [4.69, 9.17) is 0 Å². The van der Waals surface area contributed by atoms with Crippen LogP contribution in [-0.4, -0.2) is 15.4 Å². The van der Waals surface area contributed by atoms with Crippen molar-refractivity contribution >= 4 is 11.0 Å². The molecule has 20 heavy (non-hydrogen) atoms. The Morgan fingerprint density at radius 1 is 1.05 bits per heavy atom. The number of rotatable bonds is 5. The molecule has 0 amide bonds. The molecule has 3 atom stereocenters. The SMILES string of the molecule is Cc1ccc(S(=O)N[C@@H](C)[C@H](O)c2ccccc2)cc1. The van der Waals surface area contributed by atoms with E-state index in [2.05, 4.69) is 4.72 Å². The Hall–Kier alpha value is -1.49. The smallest absolute Gasteiger partial charge is 0.125 e. The van der Waals surface area contributed by atoms with Crippen LogP contribution < -0.4 is 4.72 Å². The minimum absolute atomic E-state index is 0.306. The van der Waals surface area contributed by atoms with Crippen molar-refractivity contribution in [2.75, 3.05) is 0 Å². The van der Waals surface area contributed by atoms with E-state index in [1.54, 1.807) is 0 Å². The second kappa shape index (κ2) is 6.79. The van der Waals surface area contributed by atoms with Crippen LogP contribution in [0.3, 0.4) is 0 Å². The monoisotopic (exact) mass is 289 g/mol. The Bertz CT molecular complexity index is 569. The van der Waals surface area contributed by atoms with E-state index in [1.165, 1.54) is 0 Å². The van der Waals surface area contributed by atoms with Crippen molar-refractivity contribution in [1.29, 1.82) is 0 Å². The summed E-state index contributed by atoms with van der Waals surface area (Å²) in [5.74, 6) is 0. The molecule has 0 saturated carbocycles. The lowest BCUT2D eigenvalue weighted by atomic mass is 10.0. The first-order chi connectivity index (χ1) is 9.58. The predicted octanol–water partition coefficient (Wildman–Crippen LogP) is 2.73. The van der Waals surface area contributed by atoms with Crippen molar-refractivity contribution in [2.45, 2.75) is 30.9 Å². The summed E-state index contributed by atoms with van der Waals surface area (Å²) >= 11 is 0. The highest BCUT2D eigenvalue weighted by atomic mass is 32.2. The molecule has 2 rings (SSSR count). The molecule has 1 unspecified atom stereocenters. The van der Waals surface area contributed by atoms with Gasteiger partial charge in [-0.05, 0) is 31.5 Å². The van der Waals surface area contributed by atoms with E-state index in [1.807, 2.05) is 68.4 Å².